The average Bonchev–Trinajstić information content (AvgIpc) is 2.87. The molecule has 1 nitrogen and oxygen atoms in total. The quantitative estimate of drug-likeness (QED) is 0.151. The molecule has 178 valence electrons. The van der Waals surface area contributed by atoms with Crippen LogP contribution in [0.2, 0.25) is 0 Å². The first kappa shape index (κ1) is 24.1. The lowest BCUT2D eigenvalue weighted by atomic mass is 9.97. The first-order valence-corrected chi connectivity index (χ1v) is 10.6. The van der Waals surface area contributed by atoms with Crippen LogP contribution in [0.3, 0.4) is 0 Å². The number of hydrogen-bond donors (Lipinski definition) is 0. The van der Waals surface area contributed by atoms with Gasteiger partial charge < -0.3 is 4.74 Å². The Bertz CT molecular complexity index is 1370. The van der Waals surface area contributed by atoms with Crippen LogP contribution in [0.4, 0.5) is 26.3 Å². The molecule has 35 heavy (non-hydrogen) atoms. The van der Waals surface area contributed by atoms with Crippen molar-refractivity contribution in [1.82, 2.24) is 0 Å². The molecule has 0 heterocycles. The molecule has 0 amide bonds. The van der Waals surface area contributed by atoms with Crippen molar-refractivity contribution in [3.05, 3.63) is 114 Å². The zero-order chi connectivity index (χ0) is 25.1. The molecule has 7 heteroatoms. The lowest BCUT2D eigenvalue weighted by molar-refractivity contribution is 0.156. The van der Waals surface area contributed by atoms with Gasteiger partial charge >= 0.3 is 6.01 Å². The van der Waals surface area contributed by atoms with Crippen molar-refractivity contribution < 1.29 is 31.1 Å². The first-order valence-electron chi connectivity index (χ1n) is 10.6. The molecule has 0 unspecified atom stereocenters. The van der Waals surface area contributed by atoms with Gasteiger partial charge in [0.2, 0.25) is 5.83 Å². The van der Waals surface area contributed by atoms with Crippen LogP contribution >= 0.6 is 0 Å². The van der Waals surface area contributed by atoms with Crippen LogP contribution in [0.5, 0.6) is 0 Å². The third-order valence-electron chi connectivity index (χ3n) is 5.40. The van der Waals surface area contributed by atoms with Gasteiger partial charge in [0.1, 0.15) is 5.82 Å². The van der Waals surface area contributed by atoms with E-state index in [9.17, 15) is 26.3 Å². The van der Waals surface area contributed by atoms with E-state index in [1.807, 2.05) is 0 Å². The van der Waals surface area contributed by atoms with Gasteiger partial charge in [-0.3, -0.25) is 0 Å². The molecule has 0 spiro atoms. The van der Waals surface area contributed by atoms with E-state index in [1.54, 1.807) is 48.5 Å². The predicted octanol–water partition coefficient (Wildman–Crippen LogP) is 8.85. The van der Waals surface area contributed by atoms with E-state index in [-0.39, 0.29) is 23.3 Å². The number of ether oxygens (including phenoxy) is 1. The summed E-state index contributed by atoms with van der Waals surface area (Å²) in [6, 6.07) is 17.6. The first-order chi connectivity index (χ1) is 16.8. The second-order valence-electron chi connectivity index (χ2n) is 7.62. The minimum absolute atomic E-state index is 0.0573. The topological polar surface area (TPSA) is 9.23 Å². The highest BCUT2D eigenvalue weighted by molar-refractivity contribution is 5.74. The average molecular weight is 484 g/mol. The van der Waals surface area contributed by atoms with E-state index >= 15 is 0 Å². The Morgan fingerprint density at radius 2 is 1.09 bits per heavy atom. The van der Waals surface area contributed by atoms with Gasteiger partial charge in [0.15, 0.2) is 17.5 Å². The molecule has 0 bridgehead atoms. The number of hydrogen-bond acceptors (Lipinski definition) is 1. The maximum absolute atomic E-state index is 14.6. The summed E-state index contributed by atoms with van der Waals surface area (Å²) in [5.41, 5.74) is 2.76. The van der Waals surface area contributed by atoms with E-state index in [0.29, 0.717) is 11.1 Å². The Morgan fingerprint density at radius 3 is 1.57 bits per heavy atom. The fourth-order valence-corrected chi connectivity index (χ4v) is 3.61. The molecule has 0 aliphatic rings. The molecule has 4 rings (SSSR count). The monoisotopic (exact) mass is 484 g/mol. The Kier molecular flexibility index (Phi) is 6.96. The number of rotatable bonds is 6. The largest absolute Gasteiger partial charge is 0.469 e. The van der Waals surface area contributed by atoms with Gasteiger partial charge in [-0.1, -0.05) is 60.7 Å². The summed E-state index contributed by atoms with van der Waals surface area (Å²) in [7, 11) is 0. The summed E-state index contributed by atoms with van der Waals surface area (Å²) in [6.07, 6.45) is 0. The molecule has 0 saturated heterocycles. The maximum Gasteiger partial charge on any atom is 0.309 e. The van der Waals surface area contributed by atoms with Gasteiger partial charge in [0.05, 0.1) is 6.61 Å². The van der Waals surface area contributed by atoms with Gasteiger partial charge in [-0.15, -0.1) is 0 Å². The van der Waals surface area contributed by atoms with Gasteiger partial charge in [0.25, 0.3) is 0 Å². The van der Waals surface area contributed by atoms with Crippen molar-refractivity contribution in [3.63, 3.8) is 0 Å². The highest BCUT2D eigenvalue weighted by Gasteiger charge is 2.14. The van der Waals surface area contributed by atoms with E-state index < -0.39 is 35.1 Å². The molecule has 4 aromatic carbocycles. The summed E-state index contributed by atoms with van der Waals surface area (Å²) < 4.78 is 86.9. The van der Waals surface area contributed by atoms with Crippen molar-refractivity contribution in [1.29, 1.82) is 0 Å². The molecule has 0 N–H and O–H groups in total. The zero-order valence-electron chi connectivity index (χ0n) is 18.4. The lowest BCUT2D eigenvalue weighted by Crippen LogP contribution is -1.92. The van der Waals surface area contributed by atoms with E-state index in [4.69, 9.17) is 0 Å². The summed E-state index contributed by atoms with van der Waals surface area (Å²) in [5, 5.41) is 0. The minimum atomic E-state index is -1.52. The standard InChI is InChI=1S/C28H18F6O/c1-2-35-28(34)26(32)20-11-12-22(23(29)13-20)19-9-7-17(8-10-19)16-3-5-18(6-4-16)21-14-24(30)27(33)25(31)15-21/h3-15H,2H2,1H3/b28-26-. The lowest BCUT2D eigenvalue weighted by Gasteiger charge is -2.09. The normalized spacial score (nSPS) is 11.9. The van der Waals surface area contributed by atoms with Crippen molar-refractivity contribution in [2.75, 3.05) is 6.61 Å². The van der Waals surface area contributed by atoms with Gasteiger partial charge in [-0.2, -0.15) is 8.78 Å². The van der Waals surface area contributed by atoms with Gasteiger partial charge in [0, 0.05) is 11.1 Å². The second kappa shape index (κ2) is 10.1. The molecular formula is C28H18F6O. The summed E-state index contributed by atoms with van der Waals surface area (Å²) >= 11 is 0. The molecule has 0 fully saturated rings. The summed E-state index contributed by atoms with van der Waals surface area (Å²) in [5.74, 6) is -6.05. The maximum atomic E-state index is 14.6. The fourth-order valence-electron chi connectivity index (χ4n) is 3.61. The summed E-state index contributed by atoms with van der Waals surface area (Å²) in [4.78, 5) is 0. The van der Waals surface area contributed by atoms with Crippen molar-refractivity contribution >= 4 is 5.83 Å². The van der Waals surface area contributed by atoms with Gasteiger partial charge in [-0.05, 0) is 52.9 Å². The van der Waals surface area contributed by atoms with Crippen LogP contribution in [-0.2, 0) is 4.74 Å². The fraction of sp³-hybridized carbons (Fsp3) is 0.0714. The number of benzene rings is 4. The molecular weight excluding hydrogens is 466 g/mol. The number of halogens is 6. The van der Waals surface area contributed by atoms with Crippen molar-refractivity contribution in [3.8, 4) is 33.4 Å². The van der Waals surface area contributed by atoms with Crippen LogP contribution in [0.25, 0.3) is 39.2 Å². The second-order valence-corrected chi connectivity index (χ2v) is 7.62. The Balaban J connectivity index is 1.56. The van der Waals surface area contributed by atoms with Crippen LogP contribution in [0.15, 0.2) is 84.9 Å². The molecule has 0 saturated carbocycles. The summed E-state index contributed by atoms with van der Waals surface area (Å²) in [6.45, 7) is 1.45. The van der Waals surface area contributed by atoms with Crippen LogP contribution in [0.1, 0.15) is 12.5 Å². The zero-order valence-corrected chi connectivity index (χ0v) is 18.4. The van der Waals surface area contributed by atoms with E-state index in [2.05, 4.69) is 4.74 Å². The molecule has 0 radical (unpaired) electrons. The molecule has 4 aromatic rings. The molecule has 0 atom stereocenters. The highest BCUT2D eigenvalue weighted by Crippen LogP contribution is 2.31. The smallest absolute Gasteiger partial charge is 0.309 e. The van der Waals surface area contributed by atoms with Crippen LogP contribution < -0.4 is 0 Å². The minimum Gasteiger partial charge on any atom is -0.469 e. The molecule has 0 aliphatic carbocycles. The third kappa shape index (κ3) is 5.09. The van der Waals surface area contributed by atoms with Crippen LogP contribution in [0, 0.1) is 23.3 Å². The third-order valence-corrected chi connectivity index (χ3v) is 5.40. The van der Waals surface area contributed by atoms with Gasteiger partial charge in [-0.25, -0.2) is 17.6 Å². The molecule has 0 aromatic heterocycles. The SMILES string of the molecule is CCO/C(F)=C(\F)c1ccc(-c2ccc(-c3ccc(-c4cc(F)c(F)c(F)c4)cc3)cc2)c(F)c1. The van der Waals surface area contributed by atoms with E-state index in [0.717, 1.165) is 29.3 Å². The highest BCUT2D eigenvalue weighted by atomic mass is 19.2. The van der Waals surface area contributed by atoms with Crippen LogP contribution in [-0.4, -0.2) is 6.61 Å². The Labute approximate surface area is 197 Å². The Morgan fingerprint density at radius 1 is 0.600 bits per heavy atom. The molecule has 0 aliphatic heterocycles. The van der Waals surface area contributed by atoms with E-state index in [1.165, 1.54) is 19.1 Å². The Hall–Kier alpha value is -4.00. The van der Waals surface area contributed by atoms with Crippen molar-refractivity contribution in [2.45, 2.75) is 6.92 Å². The van der Waals surface area contributed by atoms with Crippen molar-refractivity contribution in [2.24, 2.45) is 0 Å². The predicted molar refractivity (Wildman–Crippen MR) is 123 cm³/mol.